The number of halogens is 5. The van der Waals surface area contributed by atoms with Gasteiger partial charge in [-0.25, -0.2) is 23.4 Å². The van der Waals surface area contributed by atoms with E-state index in [1.165, 1.54) is 28.9 Å². The van der Waals surface area contributed by atoms with Crippen LogP contribution in [0.15, 0.2) is 54.6 Å². The van der Waals surface area contributed by atoms with Gasteiger partial charge in [-0.15, -0.1) is 0 Å². The number of hydrogen-bond acceptors (Lipinski definition) is 9. The van der Waals surface area contributed by atoms with Crippen molar-refractivity contribution in [3.05, 3.63) is 99.6 Å². The van der Waals surface area contributed by atoms with Crippen LogP contribution in [0, 0.1) is 18.6 Å². The smallest absolute Gasteiger partial charge is 0.417 e. The van der Waals surface area contributed by atoms with Crippen LogP contribution in [0.1, 0.15) is 83.5 Å². The minimum Gasteiger partial charge on any atom is -0.497 e. The maximum atomic E-state index is 17.0. The number of amides is 2. The summed E-state index contributed by atoms with van der Waals surface area (Å²) in [5.41, 5.74) is -6.61. The fourth-order valence-electron chi connectivity index (χ4n) is 8.65. The molecule has 4 aromatic rings. The Morgan fingerprint density at radius 1 is 0.934 bits per heavy atom. The largest absolute Gasteiger partial charge is 0.497 e. The second-order valence-electron chi connectivity index (χ2n) is 16.4. The van der Waals surface area contributed by atoms with E-state index >= 15 is 22.0 Å². The summed E-state index contributed by atoms with van der Waals surface area (Å²) in [7, 11) is 2.96. The number of methoxy groups -OCH3 is 2. The molecule has 1 aromatic heterocycles. The first-order valence-electron chi connectivity index (χ1n) is 19.6. The summed E-state index contributed by atoms with van der Waals surface area (Å²) < 4.78 is 101. The number of aromatic nitrogens is 1. The average molecular weight is 853 g/mol. The van der Waals surface area contributed by atoms with Crippen LogP contribution in [0.25, 0.3) is 11.3 Å². The summed E-state index contributed by atoms with van der Waals surface area (Å²) >= 11 is 0. The van der Waals surface area contributed by atoms with Gasteiger partial charge in [0.2, 0.25) is 5.88 Å². The minimum atomic E-state index is -5.30. The highest BCUT2D eigenvalue weighted by Crippen LogP contribution is 2.47. The number of ether oxygens (including phenoxy) is 4. The fourth-order valence-corrected chi connectivity index (χ4v) is 8.65. The van der Waals surface area contributed by atoms with Crippen LogP contribution in [-0.2, 0) is 24.0 Å². The van der Waals surface area contributed by atoms with E-state index in [0.29, 0.717) is 35.5 Å². The number of piperazine rings is 1. The number of pyridine rings is 1. The van der Waals surface area contributed by atoms with E-state index in [9.17, 15) is 19.5 Å². The Hall–Kier alpha value is -6.13. The predicted molar refractivity (Wildman–Crippen MR) is 212 cm³/mol. The van der Waals surface area contributed by atoms with Crippen molar-refractivity contribution in [3.63, 3.8) is 0 Å². The number of carboxylic acids is 1. The van der Waals surface area contributed by atoms with Gasteiger partial charge >= 0.3 is 18.2 Å². The number of alkyl halides is 3. The molecule has 324 valence electrons. The first-order valence-corrected chi connectivity index (χ1v) is 19.6. The maximum Gasteiger partial charge on any atom is 0.417 e. The van der Waals surface area contributed by atoms with Gasteiger partial charge in [0.05, 0.1) is 43.6 Å². The van der Waals surface area contributed by atoms with E-state index in [1.807, 2.05) is 0 Å². The molecule has 17 heteroatoms. The lowest BCUT2D eigenvalue weighted by molar-refractivity contribution is -0.137. The number of fused-ring (bicyclic) bond motifs is 5. The number of nitrogens with zero attached hydrogens (tertiary/aromatic N) is 4. The second-order valence-corrected chi connectivity index (χ2v) is 16.4. The third-order valence-corrected chi connectivity index (χ3v) is 11.3. The summed E-state index contributed by atoms with van der Waals surface area (Å²) in [4.78, 5) is 49.4. The third-order valence-electron chi connectivity index (χ3n) is 11.3. The van der Waals surface area contributed by atoms with E-state index in [4.69, 9.17) is 18.9 Å². The maximum absolute atomic E-state index is 17.0. The van der Waals surface area contributed by atoms with Gasteiger partial charge in [-0.3, -0.25) is 9.69 Å². The number of anilines is 1. The van der Waals surface area contributed by atoms with Crippen molar-refractivity contribution in [1.82, 2.24) is 14.8 Å². The fraction of sp³-hybridized carbons (Fsp3) is 0.409. The van der Waals surface area contributed by atoms with Crippen molar-refractivity contribution in [2.24, 2.45) is 0 Å². The molecule has 4 atom stereocenters. The van der Waals surface area contributed by atoms with Crippen LogP contribution in [0.2, 0.25) is 0 Å². The van der Waals surface area contributed by atoms with Crippen molar-refractivity contribution in [1.29, 1.82) is 0 Å². The van der Waals surface area contributed by atoms with E-state index in [2.05, 4.69) is 4.98 Å². The zero-order valence-electron chi connectivity index (χ0n) is 34.5. The van der Waals surface area contributed by atoms with Crippen LogP contribution < -0.4 is 19.1 Å². The third kappa shape index (κ3) is 8.09. The lowest BCUT2D eigenvalue weighted by Gasteiger charge is -2.47. The van der Waals surface area contributed by atoms with Crippen molar-refractivity contribution in [3.8, 4) is 28.6 Å². The molecule has 3 aromatic carbocycles. The molecule has 0 aliphatic carbocycles. The van der Waals surface area contributed by atoms with Gasteiger partial charge in [0.25, 0.3) is 5.91 Å². The van der Waals surface area contributed by atoms with E-state index in [1.54, 1.807) is 76.2 Å². The molecule has 12 nitrogen and oxygen atoms in total. The summed E-state index contributed by atoms with van der Waals surface area (Å²) in [5, 5.41) is 10.5. The minimum absolute atomic E-state index is 0.0491. The molecule has 61 heavy (non-hydrogen) atoms. The van der Waals surface area contributed by atoms with Crippen LogP contribution in [0.4, 0.5) is 32.4 Å². The van der Waals surface area contributed by atoms with Crippen LogP contribution >= 0.6 is 0 Å². The number of rotatable bonds is 9. The molecule has 3 aliphatic rings. The monoisotopic (exact) mass is 852 g/mol. The Balaban J connectivity index is 1.39. The van der Waals surface area contributed by atoms with Crippen LogP contribution in [-0.4, -0.2) is 88.5 Å². The molecule has 0 radical (unpaired) electrons. The molecule has 2 saturated heterocycles. The van der Waals surface area contributed by atoms with Gasteiger partial charge in [0.15, 0.2) is 5.82 Å². The number of carboxylic acid groups (broad SMARTS) is 1. The van der Waals surface area contributed by atoms with Gasteiger partial charge in [-0.05, 0) is 94.5 Å². The van der Waals surface area contributed by atoms with Gasteiger partial charge in [0.1, 0.15) is 45.8 Å². The lowest BCUT2D eigenvalue weighted by Crippen LogP contribution is -2.65. The Bertz CT molecular complexity index is 2320. The molecular formula is C44H45F5N4O8. The Kier molecular flexibility index (Phi) is 11.3. The Morgan fingerprint density at radius 2 is 1.51 bits per heavy atom. The standard InChI is InChI=1S/C44H45F5N4O8/c1-22-34(44(47,48)49)29(18-31(35(22)45)51(19-24-8-13-27(58-6)14-9-24)20-25-10-15-28(59-7)16-11-25)37-36(46)32(41(55)56)33-39(50-37)60-23(2)38-30-17-12-26(21-52(38)40(33)54)53(30)42(57)61-43(3,4)5/h8-11,13-16,18,23,26,30,38H,12,17,19-21H2,1-7H3,(H,55,56)/t23-,26+,30-,38+/m0/s1. The topological polar surface area (TPSA) is 131 Å². The molecule has 2 bridgehead atoms. The summed E-state index contributed by atoms with van der Waals surface area (Å²) in [6, 6.07) is 12.2. The summed E-state index contributed by atoms with van der Waals surface area (Å²) in [5.74, 6) is -5.60. The molecule has 4 heterocycles. The lowest BCUT2D eigenvalue weighted by atomic mass is 9.93. The highest BCUT2D eigenvalue weighted by molar-refractivity contribution is 6.08. The van der Waals surface area contributed by atoms with Gasteiger partial charge in [-0.2, -0.15) is 13.2 Å². The molecule has 1 N–H and O–H groups in total. The van der Waals surface area contributed by atoms with Crippen LogP contribution in [0.5, 0.6) is 17.4 Å². The first kappa shape index (κ1) is 43.0. The SMILES string of the molecule is COc1ccc(CN(Cc2ccc(OC)cc2)c2cc(-c3nc4c(c(C(=O)O)c3F)C(=O)N3C[C@H]5CC[C@@H]([C@H]3[C@H](C)O4)N5C(=O)OC(C)(C)C)c(C(F)(F)F)c(C)c2F)cc1. The van der Waals surface area contributed by atoms with Crippen molar-refractivity contribution in [2.45, 2.75) is 96.6 Å². The highest BCUT2D eigenvalue weighted by atomic mass is 19.4. The molecule has 7 rings (SSSR count). The molecule has 3 aliphatic heterocycles. The number of benzene rings is 3. The summed E-state index contributed by atoms with van der Waals surface area (Å²) in [6.07, 6.45) is -6.02. The number of carbonyl (C=O) groups excluding carboxylic acids is 2. The molecule has 0 unspecified atom stereocenters. The van der Waals surface area contributed by atoms with Crippen LogP contribution in [0.3, 0.4) is 0 Å². The van der Waals surface area contributed by atoms with Gasteiger partial charge in [0, 0.05) is 25.2 Å². The zero-order chi connectivity index (χ0) is 44.3. The molecule has 0 saturated carbocycles. The van der Waals surface area contributed by atoms with E-state index in [-0.39, 0.29) is 25.3 Å². The number of carbonyl (C=O) groups is 3. The van der Waals surface area contributed by atoms with Crippen molar-refractivity contribution in [2.75, 3.05) is 25.7 Å². The first-order chi connectivity index (χ1) is 28.7. The molecule has 2 fully saturated rings. The Morgan fingerprint density at radius 3 is 2.02 bits per heavy atom. The quantitative estimate of drug-likeness (QED) is 0.163. The normalized spacial score (nSPS) is 19.7. The van der Waals surface area contributed by atoms with Gasteiger partial charge in [-0.1, -0.05) is 24.3 Å². The van der Waals surface area contributed by atoms with E-state index in [0.717, 1.165) is 13.0 Å². The van der Waals surface area contributed by atoms with E-state index < -0.39 is 105 Å². The molecule has 2 amide bonds. The number of aromatic carboxylic acids is 1. The molecular weight excluding hydrogens is 807 g/mol. The predicted octanol–water partition coefficient (Wildman–Crippen LogP) is 8.65. The van der Waals surface area contributed by atoms with Crippen molar-refractivity contribution >= 4 is 23.7 Å². The highest BCUT2D eigenvalue weighted by Gasteiger charge is 2.55. The Labute approximate surface area is 348 Å². The average Bonchev–Trinajstić information content (AvgIpc) is 3.45. The second kappa shape index (κ2) is 16.0. The molecule has 0 spiro atoms. The van der Waals surface area contributed by atoms with Gasteiger partial charge < -0.3 is 33.9 Å². The number of hydrogen-bond donors (Lipinski definition) is 1. The van der Waals surface area contributed by atoms with Crippen molar-refractivity contribution < 1.29 is 60.4 Å². The summed E-state index contributed by atoms with van der Waals surface area (Å²) in [6.45, 7) is 7.40. The zero-order valence-corrected chi connectivity index (χ0v) is 34.5.